The van der Waals surface area contributed by atoms with Crippen LogP contribution in [0.2, 0.25) is 0 Å². The maximum atomic E-state index is 13.9. The van der Waals surface area contributed by atoms with Crippen LogP contribution in [0, 0.1) is 0 Å². The van der Waals surface area contributed by atoms with Crippen molar-refractivity contribution in [3.8, 4) is 0 Å². The zero-order valence-corrected chi connectivity index (χ0v) is 26.2. The molecule has 1 fully saturated rings. The molecule has 242 valence electrons. The minimum atomic E-state index is -1.20. The predicted molar refractivity (Wildman–Crippen MR) is 169 cm³/mol. The molecule has 1 aliphatic rings. The Hall–Kier alpha value is -4.10. The number of amides is 3. The van der Waals surface area contributed by atoms with Gasteiger partial charge in [0.2, 0.25) is 11.8 Å². The number of anilines is 1. The van der Waals surface area contributed by atoms with E-state index in [2.05, 4.69) is 15.6 Å². The third-order valence-electron chi connectivity index (χ3n) is 7.69. The number of hydrogen-bond donors (Lipinski definition) is 3. The Morgan fingerprint density at radius 2 is 1.76 bits per heavy atom. The average molecular weight is 621 g/mol. The van der Waals surface area contributed by atoms with Crippen LogP contribution in [-0.4, -0.2) is 76.7 Å². The summed E-state index contributed by atoms with van der Waals surface area (Å²) in [5.41, 5.74) is 6.82. The Kier molecular flexibility index (Phi) is 12.2. The molecule has 0 aliphatic carbocycles. The van der Waals surface area contributed by atoms with Gasteiger partial charge in [0.1, 0.15) is 18.7 Å². The molecule has 12 nitrogen and oxygen atoms in total. The molecule has 3 amide bonds. The van der Waals surface area contributed by atoms with Crippen molar-refractivity contribution >= 4 is 23.5 Å². The highest BCUT2D eigenvalue weighted by atomic mass is 17.2. The normalized spacial score (nSPS) is 16.3. The van der Waals surface area contributed by atoms with Crippen LogP contribution < -0.4 is 16.4 Å². The Morgan fingerprint density at radius 1 is 1.07 bits per heavy atom. The van der Waals surface area contributed by atoms with E-state index >= 15 is 0 Å². The summed E-state index contributed by atoms with van der Waals surface area (Å²) in [4.78, 5) is 56.2. The van der Waals surface area contributed by atoms with Gasteiger partial charge in [-0.1, -0.05) is 60.7 Å². The summed E-state index contributed by atoms with van der Waals surface area (Å²) in [5, 5.41) is 5.46. The van der Waals surface area contributed by atoms with E-state index in [0.29, 0.717) is 19.4 Å². The SMILES string of the molecule is COOCC1CCCN1C(=O)C(CCc1ccccc1)n1cnc(NC(=O)[C@@H](COCc2ccccc2)NC(=O)C(C)(C)N)c1. The van der Waals surface area contributed by atoms with Crippen molar-refractivity contribution in [3.63, 3.8) is 0 Å². The number of nitrogens with one attached hydrogen (secondary N) is 2. The van der Waals surface area contributed by atoms with Gasteiger partial charge in [0.15, 0.2) is 5.82 Å². The standard InChI is InChI=1S/C33H44N6O6/c1-33(2,34)32(42)36-27(22-44-20-25-13-8-5-9-14-25)30(40)37-29-19-38(23-35-29)28(17-16-24-11-6-4-7-12-24)31(41)39-18-10-15-26(39)21-45-43-3/h4-9,11-14,19,23,26-28H,10,15-18,20-22,34H2,1-3H3,(H,36,42)(H,37,40)/t26?,27-,28?/m1/s1. The highest BCUT2D eigenvalue weighted by Crippen LogP contribution is 2.26. The Bertz CT molecular complexity index is 1380. The molecule has 2 heterocycles. The molecule has 12 heteroatoms. The van der Waals surface area contributed by atoms with Crippen LogP contribution in [0.5, 0.6) is 0 Å². The van der Waals surface area contributed by atoms with E-state index in [0.717, 1.165) is 24.0 Å². The van der Waals surface area contributed by atoms with Gasteiger partial charge in [-0.05, 0) is 50.7 Å². The molecule has 1 saturated heterocycles. The first kappa shape index (κ1) is 33.8. The molecule has 1 aliphatic heterocycles. The van der Waals surface area contributed by atoms with Gasteiger partial charge < -0.3 is 30.6 Å². The zero-order chi connectivity index (χ0) is 32.2. The van der Waals surface area contributed by atoms with Gasteiger partial charge in [0.25, 0.3) is 5.91 Å². The van der Waals surface area contributed by atoms with E-state index < -0.39 is 29.4 Å². The van der Waals surface area contributed by atoms with Crippen LogP contribution in [0.15, 0.2) is 73.2 Å². The van der Waals surface area contributed by atoms with Crippen molar-refractivity contribution < 1.29 is 28.9 Å². The molecule has 45 heavy (non-hydrogen) atoms. The van der Waals surface area contributed by atoms with Gasteiger partial charge in [0.05, 0.1) is 38.2 Å². The van der Waals surface area contributed by atoms with Crippen molar-refractivity contribution in [2.75, 3.05) is 32.2 Å². The Balaban J connectivity index is 1.48. The van der Waals surface area contributed by atoms with Gasteiger partial charge in [-0.25, -0.2) is 14.8 Å². The molecular formula is C33H44N6O6. The van der Waals surface area contributed by atoms with Gasteiger partial charge in [0, 0.05) is 12.7 Å². The van der Waals surface area contributed by atoms with Gasteiger partial charge in [-0.2, -0.15) is 0 Å². The Morgan fingerprint density at radius 3 is 2.42 bits per heavy atom. The number of carbonyl (C=O) groups is 3. The minimum Gasteiger partial charge on any atom is -0.374 e. The molecule has 2 unspecified atom stereocenters. The van der Waals surface area contributed by atoms with Crippen LogP contribution in [0.4, 0.5) is 5.82 Å². The fourth-order valence-electron chi connectivity index (χ4n) is 5.17. The third-order valence-corrected chi connectivity index (χ3v) is 7.69. The lowest BCUT2D eigenvalue weighted by atomic mass is 10.0. The number of imidazole rings is 1. The molecule has 0 bridgehead atoms. The molecule has 3 aromatic rings. The van der Waals surface area contributed by atoms with E-state index in [1.807, 2.05) is 65.6 Å². The second kappa shape index (κ2) is 16.3. The number of nitrogens with zero attached hydrogens (tertiary/aromatic N) is 3. The van der Waals surface area contributed by atoms with E-state index in [1.165, 1.54) is 7.11 Å². The molecule has 0 saturated carbocycles. The molecule has 0 spiro atoms. The first-order valence-corrected chi connectivity index (χ1v) is 15.2. The summed E-state index contributed by atoms with van der Waals surface area (Å²) in [6.45, 7) is 4.21. The molecule has 2 aromatic carbocycles. The second-order valence-corrected chi connectivity index (χ2v) is 11.8. The number of rotatable bonds is 16. The Labute approximate surface area is 264 Å². The van der Waals surface area contributed by atoms with Crippen LogP contribution in [-0.2, 0) is 41.9 Å². The van der Waals surface area contributed by atoms with Crippen molar-refractivity contribution in [1.82, 2.24) is 19.8 Å². The number of benzene rings is 2. The summed E-state index contributed by atoms with van der Waals surface area (Å²) in [6.07, 6.45) is 6.08. The fraction of sp³-hybridized carbons (Fsp3) is 0.455. The number of likely N-dealkylation sites (tertiary alicyclic amines) is 1. The van der Waals surface area contributed by atoms with Crippen LogP contribution in [0.3, 0.4) is 0 Å². The zero-order valence-electron chi connectivity index (χ0n) is 26.2. The van der Waals surface area contributed by atoms with Gasteiger partial charge in [-0.15, -0.1) is 0 Å². The lowest BCUT2D eigenvalue weighted by Crippen LogP contribution is -2.56. The lowest BCUT2D eigenvalue weighted by molar-refractivity contribution is -0.278. The molecule has 3 atom stereocenters. The van der Waals surface area contributed by atoms with Crippen LogP contribution >= 0.6 is 0 Å². The summed E-state index contributed by atoms with van der Waals surface area (Å²) < 4.78 is 7.52. The van der Waals surface area contributed by atoms with Crippen LogP contribution in [0.1, 0.15) is 50.3 Å². The number of hydrogen-bond acceptors (Lipinski definition) is 8. The number of nitrogens with two attached hydrogens (primary N) is 1. The van der Waals surface area contributed by atoms with E-state index in [9.17, 15) is 14.4 Å². The number of carbonyl (C=O) groups excluding carboxylic acids is 3. The number of aromatic nitrogens is 2. The number of aryl methyl sites for hydroxylation is 1. The largest absolute Gasteiger partial charge is 0.374 e. The number of ether oxygens (including phenoxy) is 1. The van der Waals surface area contributed by atoms with Gasteiger partial charge >= 0.3 is 0 Å². The van der Waals surface area contributed by atoms with Crippen molar-refractivity contribution in [2.45, 2.75) is 69.8 Å². The summed E-state index contributed by atoms with van der Waals surface area (Å²) in [7, 11) is 1.45. The summed E-state index contributed by atoms with van der Waals surface area (Å²) >= 11 is 0. The third kappa shape index (κ3) is 9.95. The topological polar surface area (TPSA) is 150 Å². The fourth-order valence-corrected chi connectivity index (χ4v) is 5.17. The average Bonchev–Trinajstić information content (AvgIpc) is 3.70. The molecule has 0 radical (unpaired) electrons. The molecular weight excluding hydrogens is 576 g/mol. The first-order valence-electron chi connectivity index (χ1n) is 15.2. The van der Waals surface area contributed by atoms with E-state index in [1.54, 1.807) is 30.9 Å². The maximum absolute atomic E-state index is 13.9. The first-order chi connectivity index (χ1) is 21.7. The summed E-state index contributed by atoms with van der Waals surface area (Å²) in [6, 6.07) is 17.8. The molecule has 4 rings (SSSR count). The molecule has 1 aromatic heterocycles. The van der Waals surface area contributed by atoms with Gasteiger partial charge in [-0.3, -0.25) is 14.4 Å². The smallest absolute Gasteiger partial charge is 0.250 e. The maximum Gasteiger partial charge on any atom is 0.250 e. The van der Waals surface area contributed by atoms with Crippen molar-refractivity contribution in [2.24, 2.45) is 5.73 Å². The highest BCUT2D eigenvalue weighted by Gasteiger charge is 2.35. The minimum absolute atomic E-state index is 0.0481. The highest BCUT2D eigenvalue weighted by molar-refractivity contribution is 5.98. The predicted octanol–water partition coefficient (Wildman–Crippen LogP) is 3.00. The monoisotopic (exact) mass is 620 g/mol. The lowest BCUT2D eigenvalue weighted by Gasteiger charge is -2.29. The molecule has 4 N–H and O–H groups in total. The quantitative estimate of drug-likeness (QED) is 0.163. The van der Waals surface area contributed by atoms with E-state index in [-0.39, 0.29) is 37.6 Å². The van der Waals surface area contributed by atoms with E-state index in [4.69, 9.17) is 20.2 Å². The second-order valence-electron chi connectivity index (χ2n) is 11.8. The summed E-state index contributed by atoms with van der Waals surface area (Å²) in [5.74, 6) is -0.823. The van der Waals surface area contributed by atoms with Crippen molar-refractivity contribution in [1.29, 1.82) is 0 Å². The van der Waals surface area contributed by atoms with Crippen molar-refractivity contribution in [3.05, 3.63) is 84.3 Å². The van der Waals surface area contributed by atoms with Crippen LogP contribution in [0.25, 0.3) is 0 Å².